The molecule has 4 rings (SSSR count). The molecule has 1 aromatic carbocycles. The van der Waals surface area contributed by atoms with Crippen LogP contribution in [0.2, 0.25) is 0 Å². The van der Waals surface area contributed by atoms with Crippen LogP contribution in [-0.2, 0) is 23.4 Å². The molecule has 0 saturated heterocycles. The van der Waals surface area contributed by atoms with Gasteiger partial charge in [0.05, 0.1) is 13.7 Å². The first kappa shape index (κ1) is 23.7. The van der Waals surface area contributed by atoms with Crippen LogP contribution < -0.4 is 20.9 Å². The van der Waals surface area contributed by atoms with Gasteiger partial charge in [-0.05, 0) is 19.1 Å². The number of nitrogens with two attached hydrogens (primary N) is 1. The predicted molar refractivity (Wildman–Crippen MR) is 123 cm³/mol. The number of aromatic amines is 2. The molecule has 3 heterocycles. The van der Waals surface area contributed by atoms with Crippen molar-refractivity contribution in [2.45, 2.75) is 25.2 Å². The van der Waals surface area contributed by atoms with E-state index >= 15 is 0 Å². The monoisotopic (exact) mass is 489 g/mol. The Morgan fingerprint density at radius 1 is 1.32 bits per heavy atom. The molecule has 180 valence electrons. The first-order valence-electron chi connectivity index (χ1n) is 10.3. The highest BCUT2D eigenvalue weighted by molar-refractivity contribution is 7.52. The van der Waals surface area contributed by atoms with E-state index in [1.54, 1.807) is 48.7 Å². The minimum Gasteiger partial charge on any atom is -0.468 e. The zero-order valence-corrected chi connectivity index (χ0v) is 19.3. The molecule has 34 heavy (non-hydrogen) atoms. The molecule has 0 spiro atoms. The number of hydrogen-bond acceptors (Lipinski definition) is 9. The average molecular weight is 489 g/mol. The van der Waals surface area contributed by atoms with Crippen LogP contribution in [0.4, 0.5) is 5.95 Å². The van der Waals surface area contributed by atoms with Crippen LogP contribution in [0.5, 0.6) is 5.75 Å². The van der Waals surface area contributed by atoms with Crippen LogP contribution in [0.25, 0.3) is 11.0 Å². The summed E-state index contributed by atoms with van der Waals surface area (Å²) in [6, 6.07) is 7.47. The first-order valence-corrected chi connectivity index (χ1v) is 11.9. The quantitative estimate of drug-likeness (QED) is 0.198. The third kappa shape index (κ3) is 5.20. The Hall–Kier alpha value is -3.44. The van der Waals surface area contributed by atoms with Crippen molar-refractivity contribution in [1.82, 2.24) is 20.0 Å². The van der Waals surface area contributed by atoms with Gasteiger partial charge in [0.15, 0.2) is 0 Å². The molecule has 3 aromatic rings. The van der Waals surface area contributed by atoms with Crippen LogP contribution in [0, 0.1) is 0 Å². The Balaban J connectivity index is 1.46. The number of ether oxygens (including phenoxy) is 2. The highest BCUT2D eigenvalue weighted by atomic mass is 31.2. The number of hydrogen-bond donors (Lipinski definition) is 4. The van der Waals surface area contributed by atoms with Gasteiger partial charge in [0.25, 0.3) is 5.56 Å². The van der Waals surface area contributed by atoms with Crippen molar-refractivity contribution in [3.63, 3.8) is 0 Å². The Kier molecular flexibility index (Phi) is 6.85. The molecular weight excluding hydrogens is 465 g/mol. The number of fused-ring (bicyclic) bond motifs is 1. The lowest BCUT2D eigenvalue weighted by Gasteiger charge is -2.23. The lowest BCUT2D eigenvalue weighted by atomic mass is 10.1. The molecule has 4 atom stereocenters. The van der Waals surface area contributed by atoms with E-state index < -0.39 is 32.0 Å². The topological polar surface area (TPSA) is 171 Å². The van der Waals surface area contributed by atoms with E-state index in [1.807, 2.05) is 0 Å². The van der Waals surface area contributed by atoms with Gasteiger partial charge in [0, 0.05) is 11.8 Å². The highest BCUT2D eigenvalue weighted by Gasteiger charge is 2.34. The summed E-state index contributed by atoms with van der Waals surface area (Å²) in [5, 5.41) is 2.58. The summed E-state index contributed by atoms with van der Waals surface area (Å²) in [5.74, 6) is -0.340. The van der Waals surface area contributed by atoms with Crippen molar-refractivity contribution >= 4 is 30.7 Å². The molecule has 1 aliphatic heterocycles. The fourth-order valence-corrected chi connectivity index (χ4v) is 4.89. The number of methoxy groups -OCH3 is 1. The van der Waals surface area contributed by atoms with E-state index in [2.05, 4.69) is 24.8 Å². The minimum atomic E-state index is -3.99. The van der Waals surface area contributed by atoms with Crippen LogP contribution >= 0.6 is 7.75 Å². The van der Waals surface area contributed by atoms with Gasteiger partial charge in [-0.2, -0.15) is 5.09 Å². The number of nitrogens with one attached hydrogen (secondary N) is 3. The molecule has 0 amide bonds. The molecule has 0 saturated carbocycles. The summed E-state index contributed by atoms with van der Waals surface area (Å²) < 4.78 is 35.3. The van der Waals surface area contributed by atoms with E-state index in [0.29, 0.717) is 16.8 Å². The molecule has 0 fully saturated rings. The molecule has 13 heteroatoms. The Morgan fingerprint density at radius 2 is 2.09 bits per heavy atom. The standard InChI is InChI=1S/C21H24N5O7P/c1-12(20(28)30-2)26-34(29,33-13-6-4-3-5-7-13)31-11-14-8-9-16(32-14)15-10-23-18-17(15)24-21(22)25-19(18)27/h3-10,12,14,16,23H,11H2,1-2H3,(H,26,29)(H3,22,24,25,27)/t12?,14-,16+,34?/m0/s1. The lowest BCUT2D eigenvalue weighted by Crippen LogP contribution is -2.35. The largest absolute Gasteiger partial charge is 0.468 e. The number of nitrogen functional groups attached to an aromatic ring is 1. The summed E-state index contributed by atoms with van der Waals surface area (Å²) in [6.45, 7) is 1.34. The van der Waals surface area contributed by atoms with Crippen LogP contribution in [0.3, 0.4) is 0 Å². The second-order valence-electron chi connectivity index (χ2n) is 7.47. The summed E-state index contributed by atoms with van der Waals surface area (Å²) in [5.41, 5.74) is 6.57. The van der Waals surface area contributed by atoms with E-state index in [4.69, 9.17) is 19.5 Å². The second kappa shape index (κ2) is 9.82. The number of para-hydroxylation sites is 1. The SMILES string of the molecule is COC(=O)C(C)NP(=O)(OC[C@@H]1C=C[C@H](c2c[nH]c3c(=O)[nH]c(N)nc23)O1)Oc1ccccc1. The van der Waals surface area contributed by atoms with E-state index in [0.717, 1.165) is 0 Å². The average Bonchev–Trinajstić information content (AvgIpc) is 3.44. The molecule has 2 aromatic heterocycles. The molecule has 12 nitrogen and oxygen atoms in total. The third-order valence-corrected chi connectivity index (χ3v) is 6.64. The highest BCUT2D eigenvalue weighted by Crippen LogP contribution is 2.45. The van der Waals surface area contributed by atoms with E-state index in [9.17, 15) is 14.2 Å². The summed E-state index contributed by atoms with van der Waals surface area (Å²) in [4.78, 5) is 33.4. The number of anilines is 1. The Labute approximate surface area is 194 Å². The van der Waals surface area contributed by atoms with E-state index in [-0.39, 0.29) is 23.6 Å². The minimum absolute atomic E-state index is 0.00925. The number of carbonyl (C=O) groups excluding carboxylic acids is 1. The fraction of sp³-hybridized carbons (Fsp3) is 0.286. The molecule has 0 aliphatic carbocycles. The van der Waals surface area contributed by atoms with Crippen LogP contribution in [0.15, 0.2) is 53.5 Å². The van der Waals surface area contributed by atoms with Gasteiger partial charge >= 0.3 is 13.7 Å². The van der Waals surface area contributed by atoms with Crippen molar-refractivity contribution in [3.8, 4) is 5.75 Å². The van der Waals surface area contributed by atoms with Crippen LogP contribution in [0.1, 0.15) is 18.6 Å². The van der Waals surface area contributed by atoms with Gasteiger partial charge < -0.3 is 24.7 Å². The second-order valence-corrected chi connectivity index (χ2v) is 9.16. The number of benzene rings is 1. The molecule has 2 unspecified atom stereocenters. The number of aromatic nitrogens is 3. The fourth-order valence-electron chi connectivity index (χ4n) is 3.39. The maximum Gasteiger partial charge on any atom is 0.459 e. The van der Waals surface area contributed by atoms with E-state index in [1.165, 1.54) is 14.0 Å². The van der Waals surface area contributed by atoms with Gasteiger partial charge in [-0.15, -0.1) is 0 Å². The molecule has 1 aliphatic rings. The molecular formula is C21H24N5O7P. The Morgan fingerprint density at radius 3 is 2.82 bits per heavy atom. The summed E-state index contributed by atoms with van der Waals surface area (Å²) in [6.07, 6.45) is 4.00. The van der Waals surface area contributed by atoms with Crippen molar-refractivity contribution < 1.29 is 27.9 Å². The van der Waals surface area contributed by atoms with Gasteiger partial charge in [-0.1, -0.05) is 30.4 Å². The number of nitrogens with zero attached hydrogens (tertiary/aromatic N) is 1. The van der Waals surface area contributed by atoms with Crippen LogP contribution in [-0.4, -0.2) is 46.8 Å². The number of rotatable bonds is 9. The zero-order chi connectivity index (χ0) is 24.3. The van der Waals surface area contributed by atoms with Crippen molar-refractivity contribution in [3.05, 3.63) is 64.6 Å². The summed E-state index contributed by atoms with van der Waals surface area (Å²) >= 11 is 0. The normalized spacial score (nSPS) is 20.2. The third-order valence-electron chi connectivity index (χ3n) is 5.00. The van der Waals surface area contributed by atoms with Gasteiger partial charge in [0.1, 0.15) is 35.0 Å². The molecule has 0 bridgehead atoms. The van der Waals surface area contributed by atoms with Gasteiger partial charge in [0.2, 0.25) is 5.95 Å². The van der Waals surface area contributed by atoms with Crippen molar-refractivity contribution in [2.75, 3.05) is 19.5 Å². The number of H-pyrrole nitrogens is 2. The first-order chi connectivity index (χ1) is 16.3. The maximum atomic E-state index is 13.4. The zero-order valence-electron chi connectivity index (χ0n) is 18.4. The molecule has 5 N–H and O–H groups in total. The molecule has 0 radical (unpaired) electrons. The maximum absolute atomic E-state index is 13.4. The summed E-state index contributed by atoms with van der Waals surface area (Å²) in [7, 11) is -2.77. The lowest BCUT2D eigenvalue weighted by molar-refractivity contribution is -0.142. The van der Waals surface area contributed by atoms with Crippen molar-refractivity contribution in [2.24, 2.45) is 0 Å². The number of esters is 1. The predicted octanol–water partition coefficient (Wildman–Crippen LogP) is 2.18. The smallest absolute Gasteiger partial charge is 0.459 e. The van der Waals surface area contributed by atoms with Crippen molar-refractivity contribution in [1.29, 1.82) is 0 Å². The van der Waals surface area contributed by atoms with Gasteiger partial charge in [-0.25, -0.2) is 9.55 Å². The van der Waals surface area contributed by atoms with Gasteiger partial charge in [-0.3, -0.25) is 19.1 Å². The Bertz CT molecular complexity index is 1310. The number of carbonyl (C=O) groups is 1.